The molecule has 2 rings (SSSR count). The molecule has 2 nitrogen and oxygen atoms in total. The summed E-state index contributed by atoms with van der Waals surface area (Å²) in [6.07, 6.45) is 0. The second-order valence-corrected chi connectivity index (χ2v) is 6.44. The Bertz CT molecular complexity index is 530. The first-order valence-corrected chi connectivity index (χ1v) is 6.24. The first kappa shape index (κ1) is 8.48. The minimum absolute atomic E-state index is 0.152. The highest BCUT2D eigenvalue weighted by molar-refractivity contribution is 7.91. The Labute approximate surface area is 86.3 Å². The molecule has 1 aliphatic heterocycles. The number of rotatable bonds is 0. The lowest BCUT2D eigenvalue weighted by Crippen LogP contribution is -2.19. The molecule has 0 spiro atoms. The molecule has 0 N–H and O–H groups in total. The Hall–Kier alpha value is -0.830. The number of benzene rings is 1. The zero-order valence-electron chi connectivity index (χ0n) is 9.59. The fraction of sp³-hybridized carbons (Fsp3) is 0.455. The van der Waals surface area contributed by atoms with E-state index in [-0.39, 0.29) is 11.2 Å². The fourth-order valence-electron chi connectivity index (χ4n) is 2.31. The van der Waals surface area contributed by atoms with Gasteiger partial charge in [0.2, 0.25) is 0 Å². The van der Waals surface area contributed by atoms with E-state index in [1.54, 1.807) is 12.1 Å². The summed E-state index contributed by atoms with van der Waals surface area (Å²) in [6.45, 7) is 5.66. The zero-order chi connectivity index (χ0) is 11.4. The summed E-state index contributed by atoms with van der Waals surface area (Å²) < 4.78 is 31.4. The van der Waals surface area contributed by atoms with Crippen molar-refractivity contribution >= 4 is 9.84 Å². The van der Waals surface area contributed by atoms with Crippen LogP contribution in [0.4, 0.5) is 0 Å². The van der Waals surface area contributed by atoms with Crippen molar-refractivity contribution in [2.75, 3.05) is 5.75 Å². The summed E-state index contributed by atoms with van der Waals surface area (Å²) in [7, 11) is -3.14. The van der Waals surface area contributed by atoms with Gasteiger partial charge in [0.1, 0.15) is 0 Å². The van der Waals surface area contributed by atoms with Crippen molar-refractivity contribution in [1.82, 2.24) is 0 Å². The van der Waals surface area contributed by atoms with E-state index < -0.39 is 9.84 Å². The Morgan fingerprint density at radius 3 is 2.79 bits per heavy atom. The van der Waals surface area contributed by atoms with Crippen LogP contribution in [0.15, 0.2) is 23.1 Å². The normalized spacial score (nSPS) is 22.9. The van der Waals surface area contributed by atoms with Crippen LogP contribution < -0.4 is 0 Å². The van der Waals surface area contributed by atoms with Gasteiger partial charge in [0, 0.05) is 5.41 Å². The van der Waals surface area contributed by atoms with Gasteiger partial charge in [-0.05, 0) is 24.1 Å². The van der Waals surface area contributed by atoms with Crippen molar-refractivity contribution in [1.29, 1.82) is 0 Å². The minimum atomic E-state index is -3.14. The number of hydrogen-bond acceptors (Lipinski definition) is 2. The van der Waals surface area contributed by atoms with E-state index in [0.29, 0.717) is 10.9 Å². The maximum absolute atomic E-state index is 11.9. The van der Waals surface area contributed by atoms with Crippen LogP contribution in [0.5, 0.6) is 0 Å². The number of fused-ring (bicyclic) bond motifs is 1. The molecule has 0 radical (unpaired) electrons. The second-order valence-electron chi connectivity index (χ2n) is 4.48. The van der Waals surface area contributed by atoms with Gasteiger partial charge < -0.3 is 0 Å². The van der Waals surface area contributed by atoms with Gasteiger partial charge in [0.05, 0.1) is 12.0 Å². The predicted molar refractivity (Wildman–Crippen MR) is 56.3 cm³/mol. The smallest absolute Gasteiger partial charge is 0.179 e. The summed E-state index contributed by atoms with van der Waals surface area (Å²) in [5, 5.41) is 0. The van der Waals surface area contributed by atoms with Crippen LogP contribution in [0.1, 0.15) is 26.3 Å². The molecule has 1 heterocycles. The molecule has 1 aromatic rings. The standard InChI is InChI=1S/C11H14O2S/c1-8-5-4-6-9-10(8)11(2,3)7-14(9,12)13/h4-6H,7H2,1-3H3/i5D. The topological polar surface area (TPSA) is 34.1 Å². The van der Waals surface area contributed by atoms with Gasteiger partial charge in [-0.15, -0.1) is 0 Å². The molecule has 0 atom stereocenters. The lowest BCUT2D eigenvalue weighted by Gasteiger charge is -2.18. The Morgan fingerprint density at radius 1 is 1.50 bits per heavy atom. The molecule has 3 heteroatoms. The molecule has 76 valence electrons. The van der Waals surface area contributed by atoms with Crippen LogP contribution in [-0.4, -0.2) is 14.2 Å². The van der Waals surface area contributed by atoms with Crippen molar-refractivity contribution in [3.05, 3.63) is 29.3 Å². The van der Waals surface area contributed by atoms with E-state index in [2.05, 4.69) is 0 Å². The lowest BCUT2D eigenvalue weighted by molar-refractivity contribution is 0.571. The van der Waals surface area contributed by atoms with Gasteiger partial charge in [0.15, 0.2) is 9.84 Å². The molecule has 1 aliphatic rings. The Balaban J connectivity index is 2.88. The highest BCUT2D eigenvalue weighted by Gasteiger charge is 2.41. The molecular weight excluding hydrogens is 196 g/mol. The Kier molecular flexibility index (Phi) is 1.57. The third kappa shape index (κ3) is 1.19. The van der Waals surface area contributed by atoms with Crippen molar-refractivity contribution in [2.45, 2.75) is 31.1 Å². The van der Waals surface area contributed by atoms with Gasteiger partial charge >= 0.3 is 0 Å². The van der Waals surface area contributed by atoms with Gasteiger partial charge in [-0.2, -0.15) is 0 Å². The number of hydrogen-bond donors (Lipinski definition) is 0. The summed E-state index contributed by atoms with van der Waals surface area (Å²) in [4.78, 5) is 0.418. The average molecular weight is 211 g/mol. The summed E-state index contributed by atoms with van der Waals surface area (Å²) >= 11 is 0. The van der Waals surface area contributed by atoms with E-state index >= 15 is 0 Å². The molecule has 1 aromatic carbocycles. The molecule has 0 bridgehead atoms. The third-order valence-corrected chi connectivity index (χ3v) is 4.83. The summed E-state index contributed by atoms with van der Waals surface area (Å²) in [5.74, 6) is 0.152. The molecule has 0 saturated heterocycles. The van der Waals surface area contributed by atoms with E-state index in [1.807, 2.05) is 20.8 Å². The second kappa shape index (κ2) is 2.60. The summed E-state index contributed by atoms with van der Waals surface area (Å²) in [6, 6.07) is 3.54. The molecule has 14 heavy (non-hydrogen) atoms. The highest BCUT2D eigenvalue weighted by Crippen LogP contribution is 2.40. The van der Waals surface area contributed by atoms with Gasteiger partial charge in [-0.1, -0.05) is 26.0 Å². The van der Waals surface area contributed by atoms with Crippen molar-refractivity contribution < 1.29 is 9.79 Å². The quantitative estimate of drug-likeness (QED) is 0.658. The van der Waals surface area contributed by atoms with Crippen molar-refractivity contribution in [2.24, 2.45) is 0 Å². The Morgan fingerprint density at radius 2 is 2.14 bits per heavy atom. The minimum Gasteiger partial charge on any atom is -0.224 e. The van der Waals surface area contributed by atoms with Crippen molar-refractivity contribution in [3.63, 3.8) is 0 Å². The maximum atomic E-state index is 11.9. The molecule has 0 aliphatic carbocycles. The van der Waals surface area contributed by atoms with Crippen LogP contribution >= 0.6 is 0 Å². The van der Waals surface area contributed by atoms with Crippen LogP contribution in [0, 0.1) is 6.92 Å². The van der Waals surface area contributed by atoms with Crippen LogP contribution in [0.2, 0.25) is 0 Å². The molecule has 0 amide bonds. The van der Waals surface area contributed by atoms with Crippen LogP contribution in [-0.2, 0) is 15.3 Å². The first-order chi connectivity index (χ1) is 6.76. The monoisotopic (exact) mass is 211 g/mol. The van der Waals surface area contributed by atoms with E-state index in [9.17, 15) is 8.42 Å². The average Bonchev–Trinajstić information content (AvgIpc) is 2.24. The van der Waals surface area contributed by atoms with Crippen LogP contribution in [0.3, 0.4) is 0 Å². The number of sulfone groups is 1. The fourth-order valence-corrected chi connectivity index (χ4v) is 4.57. The summed E-state index contributed by atoms with van der Waals surface area (Å²) in [5.41, 5.74) is 1.25. The lowest BCUT2D eigenvalue weighted by atomic mass is 9.84. The molecule has 0 unspecified atom stereocenters. The van der Waals surface area contributed by atoms with E-state index in [0.717, 1.165) is 11.1 Å². The predicted octanol–water partition coefficient (Wildman–Crippen LogP) is 2.06. The van der Waals surface area contributed by atoms with Gasteiger partial charge in [-0.25, -0.2) is 8.42 Å². The molecule has 0 fully saturated rings. The third-order valence-electron chi connectivity index (χ3n) is 2.72. The molecule has 0 saturated carbocycles. The SMILES string of the molecule is [2H]c1ccc2c(c1C)C(C)(C)CS2(=O)=O. The largest absolute Gasteiger partial charge is 0.224 e. The molecule has 0 aromatic heterocycles. The van der Waals surface area contributed by atoms with Gasteiger partial charge in [-0.3, -0.25) is 0 Å². The molecular formula is C11H14O2S. The van der Waals surface area contributed by atoms with Gasteiger partial charge in [0.25, 0.3) is 0 Å². The van der Waals surface area contributed by atoms with E-state index in [1.165, 1.54) is 0 Å². The highest BCUT2D eigenvalue weighted by atomic mass is 32.2. The van der Waals surface area contributed by atoms with Crippen LogP contribution in [0.25, 0.3) is 0 Å². The van der Waals surface area contributed by atoms with Crippen molar-refractivity contribution in [3.8, 4) is 0 Å². The van der Waals surface area contributed by atoms with E-state index in [4.69, 9.17) is 1.37 Å². The first-order valence-electron chi connectivity index (χ1n) is 5.09. The zero-order valence-corrected chi connectivity index (χ0v) is 9.40. The maximum Gasteiger partial charge on any atom is 0.179 e.